The van der Waals surface area contributed by atoms with Gasteiger partial charge in [-0.25, -0.2) is 4.39 Å². The first-order valence-electron chi connectivity index (χ1n) is 7.85. The Hall–Kier alpha value is -3.40. The number of anilines is 1. The van der Waals surface area contributed by atoms with Crippen LogP contribution in [0.25, 0.3) is 22.1 Å². The molecule has 4 rings (SSSR count). The molecule has 0 unspecified atom stereocenters. The molecule has 3 aromatic carbocycles. The minimum absolute atomic E-state index is 0.131. The van der Waals surface area contributed by atoms with Crippen LogP contribution in [0.15, 0.2) is 83.3 Å². The van der Waals surface area contributed by atoms with Crippen LogP contribution < -0.4 is 5.32 Å². The summed E-state index contributed by atoms with van der Waals surface area (Å²) in [6, 6.07) is 23.0. The number of carbonyl (C=O) groups is 1. The summed E-state index contributed by atoms with van der Waals surface area (Å²) in [7, 11) is 0. The Morgan fingerprint density at radius 1 is 0.840 bits per heavy atom. The van der Waals surface area contributed by atoms with E-state index in [1.807, 2.05) is 42.5 Å². The van der Waals surface area contributed by atoms with E-state index in [0.29, 0.717) is 17.0 Å². The monoisotopic (exact) mass is 331 g/mol. The Morgan fingerprint density at radius 2 is 1.60 bits per heavy atom. The molecule has 1 N–H and O–H groups in total. The van der Waals surface area contributed by atoms with Gasteiger partial charge in [0.05, 0.1) is 5.56 Å². The van der Waals surface area contributed by atoms with Crippen molar-refractivity contribution in [3.63, 3.8) is 0 Å². The summed E-state index contributed by atoms with van der Waals surface area (Å²) >= 11 is 0. The van der Waals surface area contributed by atoms with Crippen LogP contribution in [0.4, 0.5) is 10.1 Å². The number of carbonyl (C=O) groups excluding carboxylic acids is 1. The lowest BCUT2D eigenvalue weighted by Gasteiger charge is -2.05. The average molecular weight is 331 g/mol. The predicted molar refractivity (Wildman–Crippen MR) is 96.0 cm³/mol. The average Bonchev–Trinajstić information content (AvgIpc) is 3.12. The molecule has 1 heterocycles. The van der Waals surface area contributed by atoms with Gasteiger partial charge in [-0.15, -0.1) is 0 Å². The third-order valence-corrected chi connectivity index (χ3v) is 3.98. The number of rotatable bonds is 3. The van der Waals surface area contributed by atoms with Crippen molar-refractivity contribution in [3.8, 4) is 11.3 Å². The highest BCUT2D eigenvalue weighted by molar-refractivity contribution is 6.03. The summed E-state index contributed by atoms with van der Waals surface area (Å²) < 4.78 is 19.3. The second-order valence-corrected chi connectivity index (χ2v) is 5.66. The van der Waals surface area contributed by atoms with E-state index in [1.165, 1.54) is 12.1 Å². The fourth-order valence-corrected chi connectivity index (χ4v) is 2.73. The van der Waals surface area contributed by atoms with Gasteiger partial charge in [-0.1, -0.05) is 42.5 Å². The van der Waals surface area contributed by atoms with Gasteiger partial charge in [-0.2, -0.15) is 0 Å². The normalized spacial score (nSPS) is 10.8. The molecule has 1 amide bonds. The fourth-order valence-electron chi connectivity index (χ4n) is 2.73. The molecular formula is C21H14FNO2. The molecule has 0 spiro atoms. The maximum Gasteiger partial charge on any atom is 0.291 e. The Labute approximate surface area is 143 Å². The van der Waals surface area contributed by atoms with E-state index < -0.39 is 5.82 Å². The number of benzene rings is 3. The lowest BCUT2D eigenvalue weighted by molar-refractivity contribution is 0.0997. The largest absolute Gasteiger partial charge is 0.451 e. The van der Waals surface area contributed by atoms with Gasteiger partial charge >= 0.3 is 0 Å². The summed E-state index contributed by atoms with van der Waals surface area (Å²) in [5, 5.41) is 4.93. The van der Waals surface area contributed by atoms with Crippen LogP contribution in [0.3, 0.4) is 0 Å². The Bertz CT molecular complexity index is 1070. The number of amides is 1. The van der Waals surface area contributed by atoms with Crippen molar-refractivity contribution in [2.75, 3.05) is 5.32 Å². The molecular weight excluding hydrogens is 317 g/mol. The lowest BCUT2D eigenvalue weighted by Crippen LogP contribution is -2.10. The second-order valence-electron chi connectivity index (χ2n) is 5.66. The van der Waals surface area contributed by atoms with E-state index >= 15 is 0 Å². The molecule has 0 aliphatic carbocycles. The third kappa shape index (κ3) is 3.02. The van der Waals surface area contributed by atoms with Crippen molar-refractivity contribution in [2.24, 2.45) is 0 Å². The third-order valence-electron chi connectivity index (χ3n) is 3.98. The number of furan rings is 1. The molecule has 4 aromatic rings. The fraction of sp³-hybridized carbons (Fsp3) is 0. The molecule has 0 atom stereocenters. The highest BCUT2D eigenvalue weighted by Gasteiger charge is 2.14. The minimum Gasteiger partial charge on any atom is -0.451 e. The molecule has 0 radical (unpaired) electrons. The highest BCUT2D eigenvalue weighted by atomic mass is 19.1. The highest BCUT2D eigenvalue weighted by Crippen LogP contribution is 2.25. The second kappa shape index (κ2) is 6.24. The van der Waals surface area contributed by atoms with E-state index in [4.69, 9.17) is 4.42 Å². The molecule has 0 saturated carbocycles. The standard InChI is InChI=1S/C21H14FNO2/c22-18-8-4-3-7-17(18)19-11-12-20(25-19)21(24)23-16-10-9-14-5-1-2-6-15(14)13-16/h1-13H,(H,23,24). The molecule has 0 aliphatic rings. The first-order chi connectivity index (χ1) is 12.2. The van der Waals surface area contributed by atoms with Crippen LogP contribution in [0.5, 0.6) is 0 Å². The summed E-state index contributed by atoms with van der Waals surface area (Å²) in [5.74, 6) is -0.315. The lowest BCUT2D eigenvalue weighted by atomic mass is 10.1. The maximum absolute atomic E-state index is 13.8. The smallest absolute Gasteiger partial charge is 0.291 e. The van der Waals surface area contributed by atoms with E-state index in [0.717, 1.165) is 10.8 Å². The van der Waals surface area contributed by atoms with Crippen molar-refractivity contribution in [1.29, 1.82) is 0 Å². The first-order valence-corrected chi connectivity index (χ1v) is 7.85. The van der Waals surface area contributed by atoms with E-state index in [2.05, 4.69) is 5.32 Å². The van der Waals surface area contributed by atoms with Crippen LogP contribution in [-0.2, 0) is 0 Å². The number of nitrogens with one attached hydrogen (secondary N) is 1. The van der Waals surface area contributed by atoms with E-state index in [-0.39, 0.29) is 11.7 Å². The quantitative estimate of drug-likeness (QED) is 0.539. The van der Waals surface area contributed by atoms with Gasteiger partial charge in [0.1, 0.15) is 11.6 Å². The molecule has 0 aliphatic heterocycles. The molecule has 1 aromatic heterocycles. The maximum atomic E-state index is 13.8. The first kappa shape index (κ1) is 15.1. The summed E-state index contributed by atoms with van der Waals surface area (Å²) in [5.41, 5.74) is 1.000. The van der Waals surface area contributed by atoms with Gasteiger partial charge in [-0.3, -0.25) is 4.79 Å². The SMILES string of the molecule is O=C(Nc1ccc2ccccc2c1)c1ccc(-c2ccccc2F)o1. The van der Waals surface area contributed by atoms with Gasteiger partial charge < -0.3 is 9.73 Å². The molecule has 0 bridgehead atoms. The summed E-state index contributed by atoms with van der Waals surface area (Å²) in [4.78, 5) is 12.4. The molecule has 0 saturated heterocycles. The van der Waals surface area contributed by atoms with Crippen molar-refractivity contribution >= 4 is 22.4 Å². The van der Waals surface area contributed by atoms with Crippen LogP contribution in [-0.4, -0.2) is 5.91 Å². The van der Waals surface area contributed by atoms with Crippen molar-refractivity contribution in [2.45, 2.75) is 0 Å². The van der Waals surface area contributed by atoms with Crippen LogP contribution >= 0.6 is 0 Å². The van der Waals surface area contributed by atoms with Crippen LogP contribution in [0.1, 0.15) is 10.6 Å². The zero-order chi connectivity index (χ0) is 17.2. The van der Waals surface area contributed by atoms with E-state index in [1.54, 1.807) is 24.3 Å². The van der Waals surface area contributed by atoms with Crippen molar-refractivity contribution in [3.05, 3.63) is 90.4 Å². The molecule has 4 heteroatoms. The van der Waals surface area contributed by atoms with Gasteiger partial charge in [0.15, 0.2) is 5.76 Å². The van der Waals surface area contributed by atoms with E-state index in [9.17, 15) is 9.18 Å². The van der Waals surface area contributed by atoms with Crippen molar-refractivity contribution < 1.29 is 13.6 Å². The predicted octanol–water partition coefficient (Wildman–Crippen LogP) is 5.49. The molecule has 3 nitrogen and oxygen atoms in total. The zero-order valence-electron chi connectivity index (χ0n) is 13.2. The Balaban J connectivity index is 1.58. The van der Waals surface area contributed by atoms with Crippen LogP contribution in [0.2, 0.25) is 0 Å². The van der Waals surface area contributed by atoms with Crippen molar-refractivity contribution in [1.82, 2.24) is 0 Å². The molecule has 25 heavy (non-hydrogen) atoms. The van der Waals surface area contributed by atoms with Gasteiger partial charge in [-0.05, 0) is 47.2 Å². The zero-order valence-corrected chi connectivity index (χ0v) is 13.2. The van der Waals surface area contributed by atoms with Crippen LogP contribution in [0, 0.1) is 5.82 Å². The topological polar surface area (TPSA) is 42.2 Å². The minimum atomic E-state index is -0.390. The van der Waals surface area contributed by atoms with Gasteiger partial charge in [0, 0.05) is 5.69 Å². The number of halogens is 1. The van der Waals surface area contributed by atoms with Gasteiger partial charge in [0.25, 0.3) is 5.91 Å². The molecule has 122 valence electrons. The number of hydrogen-bond donors (Lipinski definition) is 1. The summed E-state index contributed by atoms with van der Waals surface area (Å²) in [6.45, 7) is 0. The van der Waals surface area contributed by atoms with Gasteiger partial charge in [0.2, 0.25) is 0 Å². The Kier molecular flexibility index (Phi) is 3.78. The Morgan fingerprint density at radius 3 is 2.44 bits per heavy atom. The number of hydrogen-bond acceptors (Lipinski definition) is 2. The summed E-state index contributed by atoms with van der Waals surface area (Å²) in [6.07, 6.45) is 0. The molecule has 0 fully saturated rings. The number of fused-ring (bicyclic) bond motifs is 1.